The van der Waals surface area contributed by atoms with Crippen molar-refractivity contribution in [2.24, 2.45) is 0 Å². The van der Waals surface area contributed by atoms with Crippen LogP contribution >= 0.6 is 15.9 Å². The molecular formula is C18H18BrNO4. The molecule has 1 N–H and O–H groups in total. The molecule has 0 spiro atoms. The average molecular weight is 392 g/mol. The predicted octanol–water partition coefficient (Wildman–Crippen LogP) is 4.06. The fourth-order valence-electron chi connectivity index (χ4n) is 2.13. The molecule has 0 unspecified atom stereocenters. The number of carboxylic acids is 1. The van der Waals surface area contributed by atoms with Crippen LogP contribution in [0.1, 0.15) is 17.5 Å². The van der Waals surface area contributed by atoms with Crippen LogP contribution in [0, 0.1) is 0 Å². The average Bonchev–Trinajstić information content (AvgIpc) is 2.57. The summed E-state index contributed by atoms with van der Waals surface area (Å²) in [6.07, 6.45) is -0.658. The third-order valence-corrected chi connectivity index (χ3v) is 3.81. The molecule has 0 radical (unpaired) electrons. The Morgan fingerprint density at radius 3 is 2.42 bits per heavy atom. The summed E-state index contributed by atoms with van der Waals surface area (Å²) in [5, 5.41) is 8.88. The largest absolute Gasteiger partial charge is 0.481 e. The highest BCUT2D eigenvalue weighted by Crippen LogP contribution is 2.15. The second-order valence-corrected chi connectivity index (χ2v) is 6.15. The number of hydrogen-bond acceptors (Lipinski definition) is 3. The maximum absolute atomic E-state index is 12.3. The fourth-order valence-corrected chi connectivity index (χ4v) is 2.58. The van der Waals surface area contributed by atoms with Crippen LogP contribution in [0.15, 0.2) is 59.1 Å². The highest BCUT2D eigenvalue weighted by Gasteiger charge is 2.17. The van der Waals surface area contributed by atoms with Gasteiger partial charge in [0.1, 0.15) is 6.61 Å². The minimum atomic E-state index is -0.954. The summed E-state index contributed by atoms with van der Waals surface area (Å²) >= 11 is 3.38. The summed E-state index contributed by atoms with van der Waals surface area (Å²) < 4.78 is 6.21. The van der Waals surface area contributed by atoms with Crippen molar-refractivity contribution in [3.05, 3.63) is 70.2 Å². The van der Waals surface area contributed by atoms with Crippen LogP contribution in [-0.4, -0.2) is 28.6 Å². The molecule has 0 fully saturated rings. The second-order valence-electron chi connectivity index (χ2n) is 5.24. The molecule has 1 amide bonds. The van der Waals surface area contributed by atoms with Gasteiger partial charge in [0, 0.05) is 17.6 Å². The Labute approximate surface area is 149 Å². The van der Waals surface area contributed by atoms with Gasteiger partial charge in [0.2, 0.25) is 0 Å². The van der Waals surface area contributed by atoms with Crippen molar-refractivity contribution >= 4 is 28.0 Å². The number of amides is 1. The number of carbonyl (C=O) groups excluding carboxylic acids is 1. The summed E-state index contributed by atoms with van der Waals surface area (Å²) in [4.78, 5) is 24.5. The molecule has 24 heavy (non-hydrogen) atoms. The van der Waals surface area contributed by atoms with Gasteiger partial charge in [-0.05, 0) is 23.3 Å². The van der Waals surface area contributed by atoms with Gasteiger partial charge in [0.15, 0.2) is 0 Å². The normalized spacial score (nSPS) is 10.2. The number of carbonyl (C=O) groups is 2. The first-order chi connectivity index (χ1) is 11.5. The lowest BCUT2D eigenvalue weighted by atomic mass is 10.2. The van der Waals surface area contributed by atoms with Crippen LogP contribution in [0.25, 0.3) is 0 Å². The van der Waals surface area contributed by atoms with E-state index in [4.69, 9.17) is 9.84 Å². The van der Waals surface area contributed by atoms with E-state index in [1.807, 2.05) is 54.6 Å². The minimum absolute atomic E-state index is 0.0927. The molecule has 0 aliphatic rings. The van der Waals surface area contributed by atoms with Gasteiger partial charge >= 0.3 is 12.1 Å². The second kappa shape index (κ2) is 9.08. The van der Waals surface area contributed by atoms with Gasteiger partial charge < -0.3 is 14.7 Å². The number of halogens is 1. The monoisotopic (exact) mass is 391 g/mol. The predicted molar refractivity (Wildman–Crippen MR) is 93.4 cm³/mol. The summed E-state index contributed by atoms with van der Waals surface area (Å²) in [5.41, 5.74) is 1.78. The van der Waals surface area contributed by atoms with E-state index in [9.17, 15) is 9.59 Å². The molecule has 0 heterocycles. The Kier molecular flexibility index (Phi) is 6.81. The van der Waals surface area contributed by atoms with Crippen molar-refractivity contribution in [3.63, 3.8) is 0 Å². The van der Waals surface area contributed by atoms with Crippen molar-refractivity contribution in [2.75, 3.05) is 6.54 Å². The van der Waals surface area contributed by atoms with Crippen LogP contribution in [0.3, 0.4) is 0 Å². The number of nitrogens with zero attached hydrogens (tertiary/aromatic N) is 1. The molecule has 0 saturated heterocycles. The molecule has 0 atom stereocenters. The fraction of sp³-hybridized carbons (Fsp3) is 0.222. The third kappa shape index (κ3) is 6.04. The lowest BCUT2D eigenvalue weighted by Crippen LogP contribution is -2.33. The zero-order valence-corrected chi connectivity index (χ0v) is 14.6. The molecule has 5 nitrogen and oxygen atoms in total. The van der Waals surface area contributed by atoms with Crippen molar-refractivity contribution in [3.8, 4) is 0 Å². The minimum Gasteiger partial charge on any atom is -0.481 e. The van der Waals surface area contributed by atoms with E-state index in [0.717, 1.165) is 15.6 Å². The third-order valence-electron chi connectivity index (χ3n) is 3.32. The van der Waals surface area contributed by atoms with E-state index in [1.54, 1.807) is 0 Å². The first-order valence-electron chi connectivity index (χ1n) is 7.46. The zero-order chi connectivity index (χ0) is 17.4. The van der Waals surface area contributed by atoms with E-state index < -0.39 is 12.1 Å². The molecule has 6 heteroatoms. The van der Waals surface area contributed by atoms with Crippen LogP contribution < -0.4 is 0 Å². The summed E-state index contributed by atoms with van der Waals surface area (Å²) in [7, 11) is 0. The quantitative estimate of drug-likeness (QED) is 0.772. The lowest BCUT2D eigenvalue weighted by molar-refractivity contribution is -0.137. The van der Waals surface area contributed by atoms with Gasteiger partial charge in [-0.2, -0.15) is 0 Å². The van der Waals surface area contributed by atoms with Crippen molar-refractivity contribution < 1.29 is 19.4 Å². The first kappa shape index (κ1) is 18.0. The Morgan fingerprint density at radius 2 is 1.75 bits per heavy atom. The zero-order valence-electron chi connectivity index (χ0n) is 13.0. The molecular weight excluding hydrogens is 374 g/mol. The van der Waals surface area contributed by atoms with E-state index in [-0.39, 0.29) is 19.6 Å². The Bertz CT molecular complexity index is 690. The smallest absolute Gasteiger partial charge is 0.410 e. The maximum atomic E-state index is 12.3. The number of carboxylic acid groups (broad SMARTS) is 1. The molecule has 0 aromatic heterocycles. The van der Waals surface area contributed by atoms with Gasteiger partial charge in [-0.15, -0.1) is 0 Å². The van der Waals surface area contributed by atoms with Crippen LogP contribution in [0.5, 0.6) is 0 Å². The van der Waals surface area contributed by atoms with Gasteiger partial charge in [-0.3, -0.25) is 4.79 Å². The Morgan fingerprint density at radius 1 is 1.04 bits per heavy atom. The van der Waals surface area contributed by atoms with E-state index >= 15 is 0 Å². The van der Waals surface area contributed by atoms with Crippen molar-refractivity contribution in [1.82, 2.24) is 4.90 Å². The number of benzene rings is 2. The highest BCUT2D eigenvalue weighted by atomic mass is 79.9. The van der Waals surface area contributed by atoms with Crippen LogP contribution in [-0.2, 0) is 22.7 Å². The van der Waals surface area contributed by atoms with Gasteiger partial charge in [0.25, 0.3) is 0 Å². The molecule has 0 bridgehead atoms. The lowest BCUT2D eigenvalue weighted by Gasteiger charge is -2.21. The van der Waals surface area contributed by atoms with Gasteiger partial charge in [0.05, 0.1) is 6.42 Å². The highest BCUT2D eigenvalue weighted by molar-refractivity contribution is 9.10. The standard InChI is InChI=1S/C18H18BrNO4/c19-16-8-4-7-15(11-16)12-20(10-9-17(21)22)18(23)24-13-14-5-2-1-3-6-14/h1-8,11H,9-10,12-13H2,(H,21,22). The number of hydrogen-bond donors (Lipinski definition) is 1. The maximum Gasteiger partial charge on any atom is 0.410 e. The van der Waals surface area contributed by atoms with Gasteiger partial charge in [-0.25, -0.2) is 4.79 Å². The van der Waals surface area contributed by atoms with E-state index in [1.165, 1.54) is 4.90 Å². The Balaban J connectivity index is 2.00. The van der Waals surface area contributed by atoms with Crippen LogP contribution in [0.2, 0.25) is 0 Å². The Hall–Kier alpha value is -2.34. The topological polar surface area (TPSA) is 66.8 Å². The summed E-state index contributed by atoms with van der Waals surface area (Å²) in [6, 6.07) is 16.9. The molecule has 2 rings (SSSR count). The van der Waals surface area contributed by atoms with Crippen LogP contribution in [0.4, 0.5) is 4.79 Å². The summed E-state index contributed by atoms with van der Waals surface area (Å²) in [6.45, 7) is 0.539. The number of rotatable bonds is 7. The van der Waals surface area contributed by atoms with Crippen molar-refractivity contribution in [1.29, 1.82) is 0 Å². The summed E-state index contributed by atoms with van der Waals surface area (Å²) in [5.74, 6) is -0.954. The molecule has 0 saturated carbocycles. The first-order valence-corrected chi connectivity index (χ1v) is 8.26. The molecule has 2 aromatic rings. The number of aliphatic carboxylic acids is 1. The van der Waals surface area contributed by atoms with Gasteiger partial charge in [-0.1, -0.05) is 58.4 Å². The van der Waals surface area contributed by atoms with E-state index in [2.05, 4.69) is 15.9 Å². The molecule has 2 aromatic carbocycles. The number of ether oxygens (including phenoxy) is 1. The molecule has 126 valence electrons. The molecule has 0 aliphatic heterocycles. The molecule has 0 aliphatic carbocycles. The van der Waals surface area contributed by atoms with E-state index in [0.29, 0.717) is 6.54 Å². The van der Waals surface area contributed by atoms with Crippen molar-refractivity contribution in [2.45, 2.75) is 19.6 Å². The SMILES string of the molecule is O=C(O)CCN(Cc1cccc(Br)c1)C(=O)OCc1ccccc1.